The number of carboxylic acids is 1. The SMILES string of the molecule is Cc1cccc(NC(=O)c2cnn(CCC(=O)O)c2)c1C. The standard InChI is InChI=1S/C15H17N3O3/c1-10-4-3-5-13(11(10)2)17-15(21)12-8-16-18(9-12)7-6-14(19)20/h3-5,8-9H,6-7H2,1-2H3,(H,17,21)(H,19,20). The van der Waals surface area contributed by atoms with Gasteiger partial charge in [0.25, 0.3) is 5.91 Å². The third kappa shape index (κ3) is 3.68. The van der Waals surface area contributed by atoms with Crippen molar-refractivity contribution < 1.29 is 14.7 Å². The van der Waals surface area contributed by atoms with Gasteiger partial charge in [0.05, 0.1) is 24.7 Å². The summed E-state index contributed by atoms with van der Waals surface area (Å²) >= 11 is 0. The van der Waals surface area contributed by atoms with E-state index in [1.807, 2.05) is 32.0 Å². The van der Waals surface area contributed by atoms with Gasteiger partial charge in [-0.3, -0.25) is 14.3 Å². The van der Waals surface area contributed by atoms with E-state index in [4.69, 9.17) is 5.11 Å². The number of hydrogen-bond donors (Lipinski definition) is 2. The summed E-state index contributed by atoms with van der Waals surface area (Å²) in [6.45, 7) is 4.17. The second-order valence-corrected chi connectivity index (χ2v) is 4.84. The number of carbonyl (C=O) groups is 2. The van der Waals surface area contributed by atoms with Gasteiger partial charge in [0.15, 0.2) is 0 Å². The number of anilines is 1. The summed E-state index contributed by atoms with van der Waals surface area (Å²) in [4.78, 5) is 22.7. The van der Waals surface area contributed by atoms with Gasteiger partial charge in [-0.05, 0) is 31.0 Å². The van der Waals surface area contributed by atoms with Crippen LogP contribution in [0.4, 0.5) is 5.69 Å². The van der Waals surface area contributed by atoms with Crippen molar-refractivity contribution in [2.24, 2.45) is 0 Å². The number of aromatic nitrogens is 2. The lowest BCUT2D eigenvalue weighted by atomic mass is 10.1. The molecule has 2 N–H and O–H groups in total. The van der Waals surface area contributed by atoms with Crippen molar-refractivity contribution in [1.82, 2.24) is 9.78 Å². The molecule has 0 saturated heterocycles. The van der Waals surface area contributed by atoms with E-state index >= 15 is 0 Å². The molecule has 0 radical (unpaired) electrons. The molecule has 2 aromatic rings. The summed E-state index contributed by atoms with van der Waals surface area (Å²) in [5, 5.41) is 15.4. The van der Waals surface area contributed by atoms with Gasteiger partial charge in [-0.1, -0.05) is 12.1 Å². The molecule has 1 heterocycles. The maximum absolute atomic E-state index is 12.1. The molecule has 0 aliphatic rings. The van der Waals surface area contributed by atoms with Crippen molar-refractivity contribution in [1.29, 1.82) is 0 Å². The number of benzene rings is 1. The molecule has 0 aliphatic heterocycles. The first-order valence-electron chi connectivity index (χ1n) is 6.59. The number of nitrogens with one attached hydrogen (secondary N) is 1. The van der Waals surface area contributed by atoms with E-state index in [2.05, 4.69) is 10.4 Å². The summed E-state index contributed by atoms with van der Waals surface area (Å²) < 4.78 is 1.45. The molecule has 0 unspecified atom stereocenters. The summed E-state index contributed by atoms with van der Waals surface area (Å²) in [5.41, 5.74) is 3.29. The van der Waals surface area contributed by atoms with Crippen LogP contribution in [0.25, 0.3) is 0 Å². The van der Waals surface area contributed by atoms with Crippen LogP contribution in [-0.4, -0.2) is 26.8 Å². The minimum atomic E-state index is -0.896. The van der Waals surface area contributed by atoms with Gasteiger partial charge in [-0.15, -0.1) is 0 Å². The number of rotatable bonds is 5. The van der Waals surface area contributed by atoms with Crippen molar-refractivity contribution in [2.75, 3.05) is 5.32 Å². The first-order chi connectivity index (χ1) is 9.97. The average Bonchev–Trinajstić information content (AvgIpc) is 2.90. The second kappa shape index (κ2) is 6.21. The van der Waals surface area contributed by atoms with Crippen molar-refractivity contribution in [3.05, 3.63) is 47.3 Å². The maximum atomic E-state index is 12.1. The molecule has 1 aromatic carbocycles. The molecule has 1 amide bonds. The fourth-order valence-corrected chi connectivity index (χ4v) is 1.89. The normalized spacial score (nSPS) is 10.4. The Balaban J connectivity index is 2.07. The Bertz CT molecular complexity index is 677. The van der Waals surface area contributed by atoms with Crippen LogP contribution in [0.2, 0.25) is 0 Å². The molecule has 0 atom stereocenters. The van der Waals surface area contributed by atoms with E-state index in [1.165, 1.54) is 10.9 Å². The Morgan fingerprint density at radius 1 is 1.33 bits per heavy atom. The molecular formula is C15H17N3O3. The Hall–Kier alpha value is -2.63. The van der Waals surface area contributed by atoms with Crippen LogP contribution in [0.5, 0.6) is 0 Å². The monoisotopic (exact) mass is 287 g/mol. The quantitative estimate of drug-likeness (QED) is 0.883. The van der Waals surface area contributed by atoms with E-state index in [-0.39, 0.29) is 18.9 Å². The van der Waals surface area contributed by atoms with Crippen molar-refractivity contribution >= 4 is 17.6 Å². The molecule has 2 rings (SSSR count). The summed E-state index contributed by atoms with van der Waals surface area (Å²) in [5.74, 6) is -1.16. The van der Waals surface area contributed by atoms with Gasteiger partial charge < -0.3 is 10.4 Å². The summed E-state index contributed by atoms with van der Waals surface area (Å²) in [6.07, 6.45) is 2.95. The molecule has 6 nitrogen and oxygen atoms in total. The van der Waals surface area contributed by atoms with Crippen molar-refractivity contribution in [3.8, 4) is 0 Å². The van der Waals surface area contributed by atoms with E-state index in [0.717, 1.165) is 16.8 Å². The zero-order valence-corrected chi connectivity index (χ0v) is 12.0. The summed E-state index contributed by atoms with van der Waals surface area (Å²) in [6, 6.07) is 5.71. The molecule has 0 fully saturated rings. The molecule has 0 saturated carbocycles. The van der Waals surface area contributed by atoms with Gasteiger partial charge in [-0.25, -0.2) is 0 Å². The Kier molecular flexibility index (Phi) is 4.37. The Morgan fingerprint density at radius 2 is 2.10 bits per heavy atom. The maximum Gasteiger partial charge on any atom is 0.305 e. The third-order valence-electron chi connectivity index (χ3n) is 3.30. The minimum Gasteiger partial charge on any atom is -0.481 e. The highest BCUT2D eigenvalue weighted by Gasteiger charge is 2.11. The number of aryl methyl sites for hydroxylation is 2. The highest BCUT2D eigenvalue weighted by Crippen LogP contribution is 2.18. The molecule has 0 bridgehead atoms. The lowest BCUT2D eigenvalue weighted by molar-refractivity contribution is -0.137. The van der Waals surface area contributed by atoms with Gasteiger partial charge in [0.1, 0.15) is 0 Å². The van der Waals surface area contributed by atoms with Crippen molar-refractivity contribution in [2.45, 2.75) is 26.8 Å². The van der Waals surface area contributed by atoms with Crippen LogP contribution in [0.3, 0.4) is 0 Å². The van der Waals surface area contributed by atoms with E-state index in [1.54, 1.807) is 6.20 Å². The predicted molar refractivity (Wildman–Crippen MR) is 78.3 cm³/mol. The van der Waals surface area contributed by atoms with Gasteiger partial charge >= 0.3 is 5.97 Å². The highest BCUT2D eigenvalue weighted by molar-refractivity contribution is 6.04. The zero-order valence-electron chi connectivity index (χ0n) is 12.0. The van der Waals surface area contributed by atoms with Crippen LogP contribution < -0.4 is 5.32 Å². The molecular weight excluding hydrogens is 270 g/mol. The van der Waals surface area contributed by atoms with Crippen molar-refractivity contribution in [3.63, 3.8) is 0 Å². The molecule has 21 heavy (non-hydrogen) atoms. The van der Waals surface area contributed by atoms with Crippen LogP contribution in [0.1, 0.15) is 27.9 Å². The number of aliphatic carboxylic acids is 1. The lowest BCUT2D eigenvalue weighted by Gasteiger charge is -2.09. The van der Waals surface area contributed by atoms with E-state index < -0.39 is 5.97 Å². The topological polar surface area (TPSA) is 84.2 Å². The number of nitrogens with zero attached hydrogens (tertiary/aromatic N) is 2. The van der Waals surface area contributed by atoms with E-state index in [0.29, 0.717) is 5.56 Å². The zero-order chi connectivity index (χ0) is 15.4. The van der Waals surface area contributed by atoms with Gasteiger partial charge in [-0.2, -0.15) is 5.10 Å². The highest BCUT2D eigenvalue weighted by atomic mass is 16.4. The fraction of sp³-hybridized carbons (Fsp3) is 0.267. The predicted octanol–water partition coefficient (Wildman–Crippen LogP) is 2.23. The lowest BCUT2D eigenvalue weighted by Crippen LogP contribution is -2.12. The molecule has 0 spiro atoms. The van der Waals surface area contributed by atoms with E-state index in [9.17, 15) is 9.59 Å². The first kappa shape index (κ1) is 14.8. The number of carbonyl (C=O) groups excluding carboxylic acids is 1. The smallest absolute Gasteiger partial charge is 0.305 e. The number of hydrogen-bond acceptors (Lipinski definition) is 3. The number of carboxylic acid groups (broad SMARTS) is 1. The molecule has 110 valence electrons. The van der Waals surface area contributed by atoms with Crippen LogP contribution in [0.15, 0.2) is 30.6 Å². The summed E-state index contributed by atoms with van der Waals surface area (Å²) in [7, 11) is 0. The van der Waals surface area contributed by atoms with Crippen LogP contribution in [-0.2, 0) is 11.3 Å². The Labute approximate surface area is 122 Å². The van der Waals surface area contributed by atoms with Crippen LogP contribution in [0, 0.1) is 13.8 Å². The first-order valence-corrected chi connectivity index (χ1v) is 6.59. The minimum absolute atomic E-state index is 0.0280. The average molecular weight is 287 g/mol. The van der Waals surface area contributed by atoms with Gasteiger partial charge in [0.2, 0.25) is 0 Å². The number of amides is 1. The fourth-order valence-electron chi connectivity index (χ4n) is 1.89. The molecule has 6 heteroatoms. The van der Waals surface area contributed by atoms with Crippen LogP contribution >= 0.6 is 0 Å². The second-order valence-electron chi connectivity index (χ2n) is 4.84. The molecule has 0 aliphatic carbocycles. The third-order valence-corrected chi connectivity index (χ3v) is 3.30. The Morgan fingerprint density at radius 3 is 2.81 bits per heavy atom. The molecule has 1 aromatic heterocycles. The van der Waals surface area contributed by atoms with Gasteiger partial charge in [0, 0.05) is 11.9 Å². The largest absolute Gasteiger partial charge is 0.481 e.